The molecule has 0 atom stereocenters. The molecule has 1 amide bonds. The Morgan fingerprint density at radius 3 is 2.56 bits per heavy atom. The molecule has 0 radical (unpaired) electrons. The molecule has 0 saturated heterocycles. The van der Waals surface area contributed by atoms with E-state index in [0.717, 1.165) is 23.1 Å². The number of aryl methyl sites for hydroxylation is 1. The van der Waals surface area contributed by atoms with Gasteiger partial charge in [0, 0.05) is 48.1 Å². The summed E-state index contributed by atoms with van der Waals surface area (Å²) >= 11 is 0. The van der Waals surface area contributed by atoms with Crippen LogP contribution >= 0.6 is 0 Å². The van der Waals surface area contributed by atoms with Crippen molar-refractivity contribution in [2.24, 2.45) is 13.0 Å². The van der Waals surface area contributed by atoms with Gasteiger partial charge in [-0.1, -0.05) is 13.8 Å². The van der Waals surface area contributed by atoms with Gasteiger partial charge in [0.2, 0.25) is 0 Å². The zero-order valence-corrected chi connectivity index (χ0v) is 15.0. The van der Waals surface area contributed by atoms with E-state index in [1.165, 1.54) is 6.92 Å². The highest BCUT2D eigenvalue weighted by atomic mass is 16.2. The number of Topliss-reactive ketones (excluding diaryl/α,β-unsaturated/α-hetero) is 1. The van der Waals surface area contributed by atoms with Crippen LogP contribution in [0.3, 0.4) is 0 Å². The van der Waals surface area contributed by atoms with E-state index in [4.69, 9.17) is 0 Å². The molecule has 0 aliphatic carbocycles. The third-order valence-corrected chi connectivity index (χ3v) is 4.23. The second kappa shape index (κ2) is 6.59. The zero-order valence-electron chi connectivity index (χ0n) is 15.0. The van der Waals surface area contributed by atoms with Crippen LogP contribution in [0.4, 0.5) is 5.69 Å². The van der Waals surface area contributed by atoms with Gasteiger partial charge in [-0.2, -0.15) is 0 Å². The second-order valence-electron chi connectivity index (χ2n) is 6.87. The number of nitrogens with one attached hydrogen (secondary N) is 1. The normalized spacial score (nSPS) is 11.2. The van der Waals surface area contributed by atoms with Gasteiger partial charge >= 0.3 is 0 Å². The molecule has 0 unspecified atom stereocenters. The molecule has 3 rings (SSSR count). The summed E-state index contributed by atoms with van der Waals surface area (Å²) in [6.45, 7) is 6.84. The van der Waals surface area contributed by atoms with E-state index >= 15 is 0 Å². The number of carbonyl (C=O) groups is 2. The van der Waals surface area contributed by atoms with Crippen molar-refractivity contribution in [2.75, 3.05) is 5.32 Å². The topological polar surface area (TPSA) is 56.0 Å². The number of amides is 1. The van der Waals surface area contributed by atoms with Gasteiger partial charge in [0.05, 0.1) is 0 Å². The van der Waals surface area contributed by atoms with Crippen molar-refractivity contribution in [1.29, 1.82) is 0 Å². The molecule has 5 heteroatoms. The van der Waals surface area contributed by atoms with Crippen molar-refractivity contribution in [1.82, 2.24) is 9.13 Å². The number of nitrogens with zero attached hydrogens (tertiary/aromatic N) is 2. The first-order valence-corrected chi connectivity index (χ1v) is 8.42. The summed E-state index contributed by atoms with van der Waals surface area (Å²) in [4.78, 5) is 24.0. The summed E-state index contributed by atoms with van der Waals surface area (Å²) in [5.74, 6) is 0.293. The molecule has 5 nitrogen and oxygen atoms in total. The number of fused-ring (bicyclic) bond motifs is 1. The van der Waals surface area contributed by atoms with E-state index < -0.39 is 0 Å². The lowest BCUT2D eigenvalue weighted by Gasteiger charge is -2.09. The van der Waals surface area contributed by atoms with Gasteiger partial charge in [-0.3, -0.25) is 9.59 Å². The van der Waals surface area contributed by atoms with Crippen molar-refractivity contribution in [3.63, 3.8) is 0 Å². The van der Waals surface area contributed by atoms with Crippen molar-refractivity contribution in [3.8, 4) is 0 Å². The fourth-order valence-corrected chi connectivity index (χ4v) is 3.01. The summed E-state index contributed by atoms with van der Waals surface area (Å²) in [7, 11) is 1.76. The number of anilines is 1. The molecule has 0 saturated carbocycles. The van der Waals surface area contributed by atoms with Crippen LogP contribution in [0.15, 0.2) is 42.7 Å². The van der Waals surface area contributed by atoms with Gasteiger partial charge in [0.15, 0.2) is 5.78 Å². The molecular weight excluding hydrogens is 314 g/mol. The van der Waals surface area contributed by atoms with Gasteiger partial charge < -0.3 is 14.5 Å². The van der Waals surface area contributed by atoms with Crippen molar-refractivity contribution >= 4 is 28.3 Å². The van der Waals surface area contributed by atoms with Crippen LogP contribution in [-0.4, -0.2) is 20.8 Å². The van der Waals surface area contributed by atoms with Crippen LogP contribution in [0.5, 0.6) is 0 Å². The maximum Gasteiger partial charge on any atom is 0.272 e. The van der Waals surface area contributed by atoms with Gasteiger partial charge in [0.25, 0.3) is 5.91 Å². The third kappa shape index (κ3) is 3.50. The van der Waals surface area contributed by atoms with E-state index in [1.807, 2.05) is 18.2 Å². The highest BCUT2D eigenvalue weighted by molar-refractivity contribution is 6.06. The van der Waals surface area contributed by atoms with Gasteiger partial charge in [-0.15, -0.1) is 0 Å². The van der Waals surface area contributed by atoms with Gasteiger partial charge in [-0.05, 0) is 43.2 Å². The van der Waals surface area contributed by atoms with Gasteiger partial charge in [0.1, 0.15) is 5.69 Å². The molecule has 0 aliphatic heterocycles. The molecule has 0 aliphatic rings. The number of carbonyl (C=O) groups excluding carboxylic acids is 2. The Labute approximate surface area is 147 Å². The van der Waals surface area contributed by atoms with Crippen molar-refractivity contribution < 1.29 is 9.59 Å². The number of ketones is 1. The summed E-state index contributed by atoms with van der Waals surface area (Å²) in [6.07, 6.45) is 3.75. The molecule has 3 aromatic rings. The highest BCUT2D eigenvalue weighted by Crippen LogP contribution is 2.22. The van der Waals surface area contributed by atoms with Crippen LogP contribution in [0.2, 0.25) is 0 Å². The first-order chi connectivity index (χ1) is 11.8. The summed E-state index contributed by atoms with van der Waals surface area (Å²) in [5, 5.41) is 4.01. The quantitative estimate of drug-likeness (QED) is 0.713. The zero-order chi connectivity index (χ0) is 18.1. The Morgan fingerprint density at radius 1 is 1.16 bits per heavy atom. The number of rotatable bonds is 5. The summed E-state index contributed by atoms with van der Waals surface area (Å²) in [5.41, 5.74) is 2.89. The monoisotopic (exact) mass is 337 g/mol. The predicted molar refractivity (Wildman–Crippen MR) is 100 cm³/mol. The molecule has 2 heterocycles. The Morgan fingerprint density at radius 2 is 1.92 bits per heavy atom. The standard InChI is InChI=1S/C20H23N3O2/c1-13(2)11-23-8-7-15-9-17(5-6-18(15)23)21-20(25)19-10-16(14(3)24)12-22(19)4/h5-10,12-13H,11H2,1-4H3,(H,21,25). The molecule has 1 N–H and O–H groups in total. The average Bonchev–Trinajstić information content (AvgIpc) is 3.10. The maximum absolute atomic E-state index is 12.5. The minimum Gasteiger partial charge on any atom is -0.347 e. The average molecular weight is 337 g/mol. The second-order valence-corrected chi connectivity index (χ2v) is 6.87. The van der Waals surface area contributed by atoms with Crippen LogP contribution < -0.4 is 5.32 Å². The van der Waals surface area contributed by atoms with E-state index in [1.54, 1.807) is 23.9 Å². The number of hydrogen-bond acceptors (Lipinski definition) is 2. The van der Waals surface area contributed by atoms with E-state index in [0.29, 0.717) is 17.2 Å². The third-order valence-electron chi connectivity index (χ3n) is 4.23. The summed E-state index contributed by atoms with van der Waals surface area (Å²) < 4.78 is 3.89. The smallest absolute Gasteiger partial charge is 0.272 e. The van der Waals surface area contributed by atoms with E-state index in [9.17, 15) is 9.59 Å². The number of hydrogen-bond donors (Lipinski definition) is 1. The van der Waals surface area contributed by atoms with Crippen LogP contribution in [-0.2, 0) is 13.6 Å². The van der Waals surface area contributed by atoms with Gasteiger partial charge in [-0.25, -0.2) is 0 Å². The number of benzene rings is 1. The molecule has 0 spiro atoms. The SMILES string of the molecule is CC(=O)c1cc(C(=O)Nc2ccc3c(ccn3CC(C)C)c2)n(C)c1. The minimum atomic E-state index is -0.226. The fourth-order valence-electron chi connectivity index (χ4n) is 3.01. The van der Waals surface area contributed by atoms with Crippen molar-refractivity contribution in [3.05, 3.63) is 54.0 Å². The van der Waals surface area contributed by atoms with E-state index in [2.05, 4.69) is 36.0 Å². The molecule has 25 heavy (non-hydrogen) atoms. The Balaban J connectivity index is 1.83. The van der Waals surface area contributed by atoms with Crippen LogP contribution in [0.1, 0.15) is 41.6 Å². The number of aromatic nitrogens is 2. The Bertz CT molecular complexity index is 947. The molecule has 130 valence electrons. The summed E-state index contributed by atoms with van der Waals surface area (Å²) in [6, 6.07) is 9.59. The molecule has 2 aromatic heterocycles. The molecular formula is C20H23N3O2. The highest BCUT2D eigenvalue weighted by Gasteiger charge is 2.14. The fraction of sp³-hybridized carbons (Fsp3) is 0.300. The minimum absolute atomic E-state index is 0.0532. The maximum atomic E-state index is 12.5. The Hall–Kier alpha value is -2.82. The first-order valence-electron chi connectivity index (χ1n) is 8.42. The van der Waals surface area contributed by atoms with Crippen molar-refractivity contribution in [2.45, 2.75) is 27.3 Å². The Kier molecular flexibility index (Phi) is 4.49. The predicted octanol–water partition coefficient (Wildman–Crippen LogP) is 4.09. The van der Waals surface area contributed by atoms with E-state index in [-0.39, 0.29) is 11.7 Å². The molecule has 1 aromatic carbocycles. The lowest BCUT2D eigenvalue weighted by molar-refractivity contribution is 0.101. The first kappa shape index (κ1) is 17.0. The lowest BCUT2D eigenvalue weighted by atomic mass is 10.2. The lowest BCUT2D eigenvalue weighted by Crippen LogP contribution is -2.15. The largest absolute Gasteiger partial charge is 0.347 e. The van der Waals surface area contributed by atoms with Crippen LogP contribution in [0.25, 0.3) is 10.9 Å². The molecule has 0 fully saturated rings. The van der Waals surface area contributed by atoms with Crippen LogP contribution in [0, 0.1) is 5.92 Å². The molecule has 0 bridgehead atoms.